The molecule has 0 bridgehead atoms. The van der Waals surface area contributed by atoms with Crippen molar-refractivity contribution in [3.05, 3.63) is 58.7 Å². The Morgan fingerprint density at radius 1 is 1.21 bits per heavy atom. The Hall–Kier alpha value is -2.40. The van der Waals surface area contributed by atoms with Crippen molar-refractivity contribution in [1.82, 2.24) is 0 Å². The van der Waals surface area contributed by atoms with Gasteiger partial charge in [-0.2, -0.15) is 0 Å². The number of halogens is 1. The second-order valence-corrected chi connectivity index (χ2v) is 6.45. The molecule has 0 radical (unpaired) electrons. The lowest BCUT2D eigenvalue weighted by molar-refractivity contribution is 0.340. The topological polar surface area (TPSA) is 41.8 Å². The van der Waals surface area contributed by atoms with Crippen molar-refractivity contribution in [2.75, 3.05) is 6.61 Å². The molecule has 0 saturated carbocycles. The molecule has 0 amide bonds. The number of thiophene rings is 1. The van der Waals surface area contributed by atoms with Gasteiger partial charge in [0.1, 0.15) is 17.3 Å². The van der Waals surface area contributed by atoms with E-state index in [1.54, 1.807) is 12.1 Å². The van der Waals surface area contributed by atoms with E-state index in [1.807, 2.05) is 32.0 Å². The smallest absolute Gasteiger partial charge is 0.143 e. The summed E-state index contributed by atoms with van der Waals surface area (Å²) in [5, 5.41) is 11.3. The predicted molar refractivity (Wildman–Crippen MR) is 97.0 cm³/mol. The molecule has 3 aromatic rings. The average molecular weight is 343 g/mol. The molecule has 1 N–H and O–H groups in total. The quantitative estimate of drug-likeness (QED) is 0.651. The molecule has 5 heteroatoms. The summed E-state index contributed by atoms with van der Waals surface area (Å²) >= 11 is 1.50. The molecule has 1 aromatic heterocycles. The summed E-state index contributed by atoms with van der Waals surface area (Å²) < 4.78 is 19.4. The Morgan fingerprint density at radius 2 is 1.96 bits per heavy atom. The lowest BCUT2D eigenvalue weighted by Crippen LogP contribution is -1.93. The maximum atomic E-state index is 12.9. The number of benzene rings is 2. The van der Waals surface area contributed by atoms with Gasteiger partial charge in [0.05, 0.1) is 23.7 Å². The van der Waals surface area contributed by atoms with Crippen molar-refractivity contribution in [2.24, 2.45) is 4.99 Å². The molecule has 0 aliphatic heterocycles. The highest BCUT2D eigenvalue weighted by Crippen LogP contribution is 2.39. The van der Waals surface area contributed by atoms with Gasteiger partial charge in [0.25, 0.3) is 0 Å². The van der Waals surface area contributed by atoms with Crippen molar-refractivity contribution < 1.29 is 14.2 Å². The van der Waals surface area contributed by atoms with E-state index in [4.69, 9.17) is 4.74 Å². The number of rotatable bonds is 5. The molecule has 0 aliphatic carbocycles. The minimum Gasteiger partial charge on any atom is -0.506 e. The van der Waals surface area contributed by atoms with Gasteiger partial charge in [0.2, 0.25) is 0 Å². The first-order chi connectivity index (χ1) is 11.6. The average Bonchev–Trinajstić information content (AvgIpc) is 2.91. The van der Waals surface area contributed by atoms with Gasteiger partial charge in [-0.1, -0.05) is 12.1 Å². The minimum absolute atomic E-state index is 0.233. The molecule has 0 fully saturated rings. The van der Waals surface area contributed by atoms with Gasteiger partial charge in [-0.3, -0.25) is 4.99 Å². The van der Waals surface area contributed by atoms with E-state index in [1.165, 1.54) is 23.5 Å². The van der Waals surface area contributed by atoms with Crippen molar-refractivity contribution in [1.29, 1.82) is 0 Å². The molecule has 0 atom stereocenters. The summed E-state index contributed by atoms with van der Waals surface area (Å²) in [4.78, 5) is 5.27. The largest absolute Gasteiger partial charge is 0.506 e. The zero-order chi connectivity index (χ0) is 17.1. The highest BCUT2D eigenvalue weighted by atomic mass is 32.1. The fourth-order valence-electron chi connectivity index (χ4n) is 2.44. The summed E-state index contributed by atoms with van der Waals surface area (Å²) in [6.45, 7) is 4.83. The fraction of sp³-hybridized carbons (Fsp3) is 0.211. The van der Waals surface area contributed by atoms with E-state index in [-0.39, 0.29) is 11.6 Å². The van der Waals surface area contributed by atoms with Crippen LogP contribution in [0.1, 0.15) is 24.3 Å². The first-order valence-corrected chi connectivity index (χ1v) is 8.54. The standard InChI is InChI=1S/C19H18FNO2S/c1-3-23-15-8-9-17-16(10-15)18(22)19(24-17)12(2)21-11-13-4-6-14(20)7-5-13/h4-10,22H,3,11H2,1-2H3. The Balaban J connectivity index is 1.88. The van der Waals surface area contributed by atoms with E-state index in [0.717, 1.165) is 32.0 Å². The van der Waals surface area contributed by atoms with E-state index < -0.39 is 0 Å². The van der Waals surface area contributed by atoms with Crippen LogP contribution in [0.3, 0.4) is 0 Å². The molecule has 3 rings (SSSR count). The Labute approximate surface area is 144 Å². The number of aromatic hydroxyl groups is 1. The Bertz CT molecular complexity index is 884. The minimum atomic E-state index is -0.258. The molecular weight excluding hydrogens is 325 g/mol. The first kappa shape index (κ1) is 16.5. The van der Waals surface area contributed by atoms with Crippen molar-refractivity contribution in [3.63, 3.8) is 0 Å². The van der Waals surface area contributed by atoms with Gasteiger partial charge in [-0.15, -0.1) is 11.3 Å². The summed E-state index contributed by atoms with van der Waals surface area (Å²) in [5.74, 6) is 0.717. The summed E-state index contributed by atoms with van der Waals surface area (Å²) in [7, 11) is 0. The van der Waals surface area contributed by atoms with Crippen LogP contribution in [0.15, 0.2) is 47.5 Å². The Morgan fingerprint density at radius 3 is 2.67 bits per heavy atom. The summed E-state index contributed by atoms with van der Waals surface area (Å²) in [6, 6.07) is 12.0. The van der Waals surface area contributed by atoms with Crippen LogP contribution in [0.2, 0.25) is 0 Å². The van der Waals surface area contributed by atoms with Crippen molar-refractivity contribution in [3.8, 4) is 11.5 Å². The van der Waals surface area contributed by atoms with Crippen LogP contribution in [0, 0.1) is 5.82 Å². The number of aliphatic imine (C=N–C) groups is 1. The van der Waals surface area contributed by atoms with Crippen LogP contribution in [-0.4, -0.2) is 17.4 Å². The molecule has 124 valence electrons. The first-order valence-electron chi connectivity index (χ1n) is 7.72. The second kappa shape index (κ2) is 7.01. The number of hydrogen-bond donors (Lipinski definition) is 1. The van der Waals surface area contributed by atoms with E-state index in [0.29, 0.717) is 13.2 Å². The maximum Gasteiger partial charge on any atom is 0.143 e. The molecule has 3 nitrogen and oxygen atoms in total. The molecule has 0 spiro atoms. The third kappa shape index (κ3) is 3.41. The summed E-state index contributed by atoms with van der Waals surface area (Å²) in [6.07, 6.45) is 0. The number of nitrogens with zero attached hydrogens (tertiary/aromatic N) is 1. The van der Waals surface area contributed by atoms with Crippen LogP contribution >= 0.6 is 11.3 Å². The highest BCUT2D eigenvalue weighted by Gasteiger charge is 2.14. The Kier molecular flexibility index (Phi) is 4.81. The SMILES string of the molecule is CCOc1ccc2sc(C(C)=NCc3ccc(F)cc3)c(O)c2c1. The van der Waals surface area contributed by atoms with E-state index in [2.05, 4.69) is 4.99 Å². The van der Waals surface area contributed by atoms with E-state index >= 15 is 0 Å². The van der Waals surface area contributed by atoms with Crippen LogP contribution in [0.4, 0.5) is 4.39 Å². The molecule has 0 saturated heterocycles. The molecule has 2 aromatic carbocycles. The van der Waals surface area contributed by atoms with E-state index in [9.17, 15) is 9.50 Å². The number of fused-ring (bicyclic) bond motifs is 1. The van der Waals surface area contributed by atoms with Gasteiger partial charge in [-0.25, -0.2) is 4.39 Å². The third-order valence-corrected chi connectivity index (χ3v) is 4.95. The van der Waals surface area contributed by atoms with Crippen LogP contribution in [0.25, 0.3) is 10.1 Å². The highest BCUT2D eigenvalue weighted by molar-refractivity contribution is 7.21. The monoisotopic (exact) mass is 343 g/mol. The van der Waals surface area contributed by atoms with Crippen LogP contribution < -0.4 is 4.74 Å². The number of hydrogen-bond acceptors (Lipinski definition) is 4. The van der Waals surface area contributed by atoms with Crippen molar-refractivity contribution in [2.45, 2.75) is 20.4 Å². The molecule has 0 aliphatic rings. The maximum absolute atomic E-state index is 12.9. The second-order valence-electron chi connectivity index (χ2n) is 5.40. The molecule has 0 unspecified atom stereocenters. The zero-order valence-corrected chi connectivity index (χ0v) is 14.4. The fourth-order valence-corrected chi connectivity index (χ4v) is 3.48. The molecule has 1 heterocycles. The van der Waals surface area contributed by atoms with Gasteiger partial charge in [0.15, 0.2) is 0 Å². The third-order valence-electron chi connectivity index (χ3n) is 3.68. The van der Waals surface area contributed by atoms with Gasteiger partial charge < -0.3 is 9.84 Å². The lowest BCUT2D eigenvalue weighted by Gasteiger charge is -2.02. The number of ether oxygens (including phenoxy) is 1. The lowest BCUT2D eigenvalue weighted by atomic mass is 10.2. The zero-order valence-electron chi connectivity index (χ0n) is 13.5. The molecule has 24 heavy (non-hydrogen) atoms. The van der Waals surface area contributed by atoms with Gasteiger partial charge in [0, 0.05) is 10.1 Å². The van der Waals surface area contributed by atoms with Crippen LogP contribution in [0.5, 0.6) is 11.5 Å². The summed E-state index contributed by atoms with van der Waals surface area (Å²) in [5.41, 5.74) is 1.69. The van der Waals surface area contributed by atoms with Gasteiger partial charge >= 0.3 is 0 Å². The van der Waals surface area contributed by atoms with Gasteiger partial charge in [-0.05, 0) is 49.7 Å². The predicted octanol–water partition coefficient (Wildman–Crippen LogP) is 5.15. The normalized spacial score (nSPS) is 11.9. The van der Waals surface area contributed by atoms with Crippen LogP contribution in [-0.2, 0) is 6.54 Å². The van der Waals surface area contributed by atoms with Crippen molar-refractivity contribution >= 4 is 27.1 Å². The molecular formula is C19H18FNO2S.